The fourth-order valence-corrected chi connectivity index (χ4v) is 4.71. The van der Waals surface area contributed by atoms with Gasteiger partial charge in [-0.15, -0.1) is 11.8 Å². The number of hydrogen-bond donors (Lipinski definition) is 0. The number of rotatable bonds is 2. The second-order valence-electron chi connectivity index (χ2n) is 6.59. The van der Waals surface area contributed by atoms with E-state index in [1.165, 1.54) is 0 Å². The van der Waals surface area contributed by atoms with E-state index >= 15 is 0 Å². The lowest BCUT2D eigenvalue weighted by Gasteiger charge is -2.32. The first-order valence-electron chi connectivity index (χ1n) is 8.33. The zero-order valence-corrected chi connectivity index (χ0v) is 15.4. The molecule has 7 heteroatoms. The van der Waals surface area contributed by atoms with E-state index < -0.39 is 0 Å². The highest BCUT2D eigenvalue weighted by Crippen LogP contribution is 2.46. The van der Waals surface area contributed by atoms with Crippen molar-refractivity contribution in [2.24, 2.45) is 5.92 Å². The standard InChI is InChI=1S/C17H24N2O4S/c1-10(2)23-17(21)15-11(3)7-19-14(9-24-16(15)19)13-8-22-6-5-18(13)12(4)20/h10-11H,5-9H2,1-4H3. The number of carbonyl (C=O) groups excluding carboxylic acids is 2. The van der Waals surface area contributed by atoms with Crippen molar-refractivity contribution in [3.63, 3.8) is 0 Å². The molecule has 3 heterocycles. The molecule has 1 amide bonds. The predicted octanol–water partition coefficient (Wildman–Crippen LogP) is 1.94. The largest absolute Gasteiger partial charge is 0.460 e. The second kappa shape index (κ2) is 6.80. The molecule has 0 aromatic carbocycles. The lowest BCUT2D eigenvalue weighted by atomic mass is 10.1. The molecule has 3 aliphatic rings. The van der Waals surface area contributed by atoms with Crippen molar-refractivity contribution in [2.75, 3.05) is 32.1 Å². The lowest BCUT2D eigenvalue weighted by molar-refractivity contribution is -0.143. The Bertz CT molecular complexity index is 626. The van der Waals surface area contributed by atoms with Crippen LogP contribution in [0.1, 0.15) is 27.7 Å². The Morgan fingerprint density at radius 3 is 2.75 bits per heavy atom. The molecule has 0 aromatic rings. The molecule has 0 radical (unpaired) electrons. The van der Waals surface area contributed by atoms with Crippen molar-refractivity contribution in [1.82, 2.24) is 9.80 Å². The Kier molecular flexibility index (Phi) is 4.92. The molecule has 0 aliphatic carbocycles. The zero-order chi connectivity index (χ0) is 17.4. The number of carbonyl (C=O) groups is 2. The Hall–Kier alpha value is -1.47. The highest BCUT2D eigenvalue weighted by atomic mass is 32.2. The Labute approximate surface area is 146 Å². The van der Waals surface area contributed by atoms with Gasteiger partial charge in [-0.1, -0.05) is 6.92 Å². The molecule has 132 valence electrons. The van der Waals surface area contributed by atoms with Crippen LogP contribution in [0.25, 0.3) is 0 Å². The smallest absolute Gasteiger partial charge is 0.337 e. The van der Waals surface area contributed by atoms with Crippen molar-refractivity contribution < 1.29 is 19.1 Å². The van der Waals surface area contributed by atoms with Gasteiger partial charge in [-0.25, -0.2) is 4.79 Å². The molecule has 2 fully saturated rings. The van der Waals surface area contributed by atoms with Crippen LogP contribution in [-0.2, 0) is 19.1 Å². The van der Waals surface area contributed by atoms with Crippen molar-refractivity contribution >= 4 is 23.6 Å². The van der Waals surface area contributed by atoms with Crippen LogP contribution in [0.15, 0.2) is 22.0 Å². The molecule has 6 nitrogen and oxygen atoms in total. The molecule has 0 bridgehead atoms. The molecule has 0 spiro atoms. The summed E-state index contributed by atoms with van der Waals surface area (Å²) in [4.78, 5) is 28.4. The van der Waals surface area contributed by atoms with E-state index in [0.717, 1.165) is 34.3 Å². The van der Waals surface area contributed by atoms with Gasteiger partial charge < -0.3 is 19.3 Å². The first-order valence-corrected chi connectivity index (χ1v) is 9.32. The third kappa shape index (κ3) is 3.07. The van der Waals surface area contributed by atoms with E-state index in [1.807, 2.05) is 20.8 Å². The van der Waals surface area contributed by atoms with Crippen molar-refractivity contribution in [1.29, 1.82) is 0 Å². The topological polar surface area (TPSA) is 59.1 Å². The van der Waals surface area contributed by atoms with Gasteiger partial charge in [-0.3, -0.25) is 4.79 Å². The normalized spacial score (nSPS) is 27.1. The number of thioether (sulfide) groups is 1. The minimum Gasteiger partial charge on any atom is -0.460 e. The number of hydrogen-bond acceptors (Lipinski definition) is 6. The fourth-order valence-electron chi connectivity index (χ4n) is 3.34. The molecule has 24 heavy (non-hydrogen) atoms. The van der Waals surface area contributed by atoms with E-state index in [1.54, 1.807) is 23.6 Å². The number of morpholine rings is 1. The summed E-state index contributed by atoms with van der Waals surface area (Å²) in [5.74, 6) is 0.681. The SMILES string of the molecule is CC(=O)N1CCOCC1=C1CSC2=C(C(=O)OC(C)C)C(C)CN12. The lowest BCUT2D eigenvalue weighted by Crippen LogP contribution is -2.40. The van der Waals surface area contributed by atoms with Gasteiger partial charge in [0.1, 0.15) is 0 Å². The summed E-state index contributed by atoms with van der Waals surface area (Å²) < 4.78 is 11.0. The van der Waals surface area contributed by atoms with Gasteiger partial charge in [0, 0.05) is 31.7 Å². The van der Waals surface area contributed by atoms with Crippen molar-refractivity contribution in [3.05, 3.63) is 22.0 Å². The highest BCUT2D eigenvalue weighted by molar-refractivity contribution is 8.03. The van der Waals surface area contributed by atoms with Crippen LogP contribution in [0, 0.1) is 5.92 Å². The minimum atomic E-state index is -0.225. The predicted molar refractivity (Wildman–Crippen MR) is 91.8 cm³/mol. The van der Waals surface area contributed by atoms with Gasteiger partial charge in [0.25, 0.3) is 0 Å². The van der Waals surface area contributed by atoms with Crippen LogP contribution in [0.5, 0.6) is 0 Å². The van der Waals surface area contributed by atoms with Gasteiger partial charge in [-0.05, 0) is 13.8 Å². The monoisotopic (exact) mass is 352 g/mol. The molecule has 1 atom stereocenters. The highest BCUT2D eigenvalue weighted by Gasteiger charge is 2.41. The van der Waals surface area contributed by atoms with Gasteiger partial charge in [0.15, 0.2) is 0 Å². The minimum absolute atomic E-state index is 0.0370. The molecule has 0 saturated carbocycles. The quantitative estimate of drug-likeness (QED) is 0.708. The molecule has 2 saturated heterocycles. The number of amides is 1. The van der Waals surface area contributed by atoms with Crippen molar-refractivity contribution in [2.45, 2.75) is 33.8 Å². The summed E-state index contributed by atoms with van der Waals surface area (Å²) in [5, 5.41) is 0.977. The maximum absolute atomic E-state index is 12.4. The molecule has 0 aromatic heterocycles. The average Bonchev–Trinajstić information content (AvgIpc) is 3.03. The van der Waals surface area contributed by atoms with Gasteiger partial charge in [0.2, 0.25) is 5.91 Å². The Morgan fingerprint density at radius 1 is 1.33 bits per heavy atom. The van der Waals surface area contributed by atoms with Crippen LogP contribution in [0.2, 0.25) is 0 Å². The molecular weight excluding hydrogens is 328 g/mol. The first-order chi connectivity index (χ1) is 11.4. The third-order valence-electron chi connectivity index (χ3n) is 4.40. The summed E-state index contributed by atoms with van der Waals surface area (Å²) >= 11 is 1.65. The van der Waals surface area contributed by atoms with E-state index in [2.05, 4.69) is 4.90 Å². The van der Waals surface area contributed by atoms with E-state index in [0.29, 0.717) is 19.8 Å². The van der Waals surface area contributed by atoms with Gasteiger partial charge >= 0.3 is 5.97 Å². The third-order valence-corrected chi connectivity index (χ3v) is 5.53. The summed E-state index contributed by atoms with van der Waals surface area (Å²) in [6.07, 6.45) is -0.129. The van der Waals surface area contributed by atoms with Crippen LogP contribution in [0.4, 0.5) is 0 Å². The van der Waals surface area contributed by atoms with E-state index in [-0.39, 0.29) is 23.9 Å². The molecule has 0 N–H and O–H groups in total. The zero-order valence-electron chi connectivity index (χ0n) is 14.6. The van der Waals surface area contributed by atoms with Crippen LogP contribution in [-0.4, -0.2) is 59.8 Å². The van der Waals surface area contributed by atoms with Gasteiger partial charge in [-0.2, -0.15) is 0 Å². The summed E-state index contributed by atoms with van der Waals surface area (Å²) in [7, 11) is 0. The summed E-state index contributed by atoms with van der Waals surface area (Å²) in [6.45, 7) is 9.69. The number of fused-ring (bicyclic) bond motifs is 1. The number of esters is 1. The molecule has 3 rings (SSSR count). The number of ether oxygens (including phenoxy) is 2. The first kappa shape index (κ1) is 17.4. The summed E-state index contributed by atoms with van der Waals surface area (Å²) in [5.41, 5.74) is 2.78. The molecule has 1 unspecified atom stereocenters. The molecule has 3 aliphatic heterocycles. The molecular formula is C17H24N2O4S. The maximum atomic E-state index is 12.4. The van der Waals surface area contributed by atoms with E-state index in [9.17, 15) is 9.59 Å². The van der Waals surface area contributed by atoms with E-state index in [4.69, 9.17) is 9.47 Å². The average molecular weight is 352 g/mol. The Morgan fingerprint density at radius 2 is 2.08 bits per heavy atom. The maximum Gasteiger partial charge on any atom is 0.337 e. The van der Waals surface area contributed by atoms with Crippen LogP contribution < -0.4 is 0 Å². The van der Waals surface area contributed by atoms with Crippen molar-refractivity contribution in [3.8, 4) is 0 Å². The second-order valence-corrected chi connectivity index (χ2v) is 7.55. The summed E-state index contributed by atoms with van der Waals surface area (Å²) in [6, 6.07) is 0. The van der Waals surface area contributed by atoms with Crippen LogP contribution >= 0.6 is 11.8 Å². The van der Waals surface area contributed by atoms with Crippen LogP contribution in [0.3, 0.4) is 0 Å². The Balaban J connectivity index is 1.93. The number of nitrogens with zero attached hydrogens (tertiary/aromatic N) is 2. The van der Waals surface area contributed by atoms with Gasteiger partial charge in [0.05, 0.1) is 41.3 Å². The fraction of sp³-hybridized carbons (Fsp3) is 0.647.